The molecule has 0 rings (SSSR count). The highest BCUT2D eigenvalue weighted by molar-refractivity contribution is 7.89. The van der Waals surface area contributed by atoms with Crippen LogP contribution in [0.15, 0.2) is 0 Å². The number of hydrogen-bond donors (Lipinski definition) is 2. The van der Waals surface area contributed by atoms with Crippen molar-refractivity contribution in [2.24, 2.45) is 0 Å². The van der Waals surface area contributed by atoms with Crippen molar-refractivity contribution in [3.8, 4) is 0 Å². The Kier molecular flexibility index (Phi) is 6.26. The highest BCUT2D eigenvalue weighted by Crippen LogP contribution is 1.91. The molecule has 0 amide bonds. The summed E-state index contributed by atoms with van der Waals surface area (Å²) in [5, 5.41) is 8.47. The number of nitrogens with zero attached hydrogens (tertiary/aromatic N) is 1. The van der Waals surface area contributed by atoms with Gasteiger partial charge < -0.3 is 10.0 Å². The van der Waals surface area contributed by atoms with Crippen molar-refractivity contribution in [1.29, 1.82) is 0 Å². The van der Waals surface area contributed by atoms with Crippen LogP contribution in [0.25, 0.3) is 0 Å². The lowest BCUT2D eigenvalue weighted by Crippen LogP contribution is -2.37. The fourth-order valence-corrected chi connectivity index (χ4v) is 1.62. The summed E-state index contributed by atoms with van der Waals surface area (Å²) in [6.07, 6.45) is 0. The Morgan fingerprint density at radius 1 is 1.43 bits per heavy atom. The predicted octanol–water partition coefficient (Wildman–Crippen LogP) is -0.762. The first-order chi connectivity index (χ1) is 6.39. The third-order valence-electron chi connectivity index (χ3n) is 2.03. The smallest absolute Gasteiger partial charge is 0.213 e. The molecule has 0 atom stereocenters. The second-order valence-electron chi connectivity index (χ2n) is 3.51. The third-order valence-corrected chi connectivity index (χ3v) is 3.39. The van der Waals surface area contributed by atoms with E-state index >= 15 is 0 Å². The summed E-state index contributed by atoms with van der Waals surface area (Å²) in [5.41, 5.74) is 0. The second kappa shape index (κ2) is 6.34. The number of aliphatic hydroxyl groups is 1. The molecule has 0 radical (unpaired) electrons. The van der Waals surface area contributed by atoms with E-state index in [9.17, 15) is 8.42 Å². The lowest BCUT2D eigenvalue weighted by atomic mass is 10.3. The number of sulfonamides is 1. The number of aliphatic hydroxyl groups excluding tert-OH is 1. The van der Waals surface area contributed by atoms with Crippen LogP contribution in [0.1, 0.15) is 13.8 Å². The molecule has 14 heavy (non-hydrogen) atoms. The van der Waals surface area contributed by atoms with Crippen LogP contribution in [0.2, 0.25) is 0 Å². The van der Waals surface area contributed by atoms with Gasteiger partial charge in [0.1, 0.15) is 0 Å². The Hall–Kier alpha value is -0.170. The van der Waals surface area contributed by atoms with Gasteiger partial charge in [-0.25, -0.2) is 13.1 Å². The SMILES string of the molecule is CC(C)N(C)CCNS(=O)(=O)CCO. The van der Waals surface area contributed by atoms with Gasteiger partial charge in [0, 0.05) is 19.1 Å². The fourth-order valence-electron chi connectivity index (χ4n) is 0.828. The van der Waals surface area contributed by atoms with E-state index in [0.29, 0.717) is 19.1 Å². The molecule has 0 bridgehead atoms. The van der Waals surface area contributed by atoms with Crippen molar-refractivity contribution in [3.05, 3.63) is 0 Å². The minimum atomic E-state index is -3.28. The molecule has 0 fully saturated rings. The molecule has 0 saturated heterocycles. The van der Waals surface area contributed by atoms with Crippen molar-refractivity contribution in [2.75, 3.05) is 32.5 Å². The summed E-state index contributed by atoms with van der Waals surface area (Å²) in [4.78, 5) is 2.04. The average Bonchev–Trinajstić information content (AvgIpc) is 2.03. The largest absolute Gasteiger partial charge is 0.395 e. The minimum absolute atomic E-state index is 0.224. The van der Waals surface area contributed by atoms with Gasteiger partial charge in [-0.3, -0.25) is 0 Å². The van der Waals surface area contributed by atoms with Gasteiger partial charge in [-0.15, -0.1) is 0 Å². The number of hydrogen-bond acceptors (Lipinski definition) is 4. The van der Waals surface area contributed by atoms with Crippen molar-refractivity contribution < 1.29 is 13.5 Å². The monoisotopic (exact) mass is 224 g/mol. The third kappa shape index (κ3) is 6.31. The topological polar surface area (TPSA) is 69.6 Å². The molecule has 0 aliphatic heterocycles. The summed E-state index contributed by atoms with van der Waals surface area (Å²) in [6.45, 7) is 4.80. The predicted molar refractivity (Wildman–Crippen MR) is 56.6 cm³/mol. The molecular formula is C8H20N2O3S. The van der Waals surface area contributed by atoms with Gasteiger partial charge in [-0.2, -0.15) is 0 Å². The maximum atomic E-state index is 11.1. The van der Waals surface area contributed by atoms with Gasteiger partial charge in [-0.05, 0) is 20.9 Å². The van der Waals surface area contributed by atoms with E-state index in [4.69, 9.17) is 5.11 Å². The Labute approximate surface area is 86.2 Å². The molecule has 5 nitrogen and oxygen atoms in total. The highest BCUT2D eigenvalue weighted by Gasteiger charge is 2.09. The lowest BCUT2D eigenvalue weighted by Gasteiger charge is -2.20. The van der Waals surface area contributed by atoms with E-state index in [-0.39, 0.29) is 12.4 Å². The van der Waals surface area contributed by atoms with Gasteiger partial charge in [0.2, 0.25) is 10.0 Å². The van der Waals surface area contributed by atoms with Crippen LogP contribution in [0, 0.1) is 0 Å². The molecular weight excluding hydrogens is 204 g/mol. The van der Waals surface area contributed by atoms with Crippen molar-refractivity contribution in [2.45, 2.75) is 19.9 Å². The average molecular weight is 224 g/mol. The second-order valence-corrected chi connectivity index (χ2v) is 5.44. The van der Waals surface area contributed by atoms with Crippen LogP contribution in [-0.4, -0.2) is 57.0 Å². The maximum Gasteiger partial charge on any atom is 0.213 e. The first kappa shape index (κ1) is 13.8. The lowest BCUT2D eigenvalue weighted by molar-refractivity contribution is 0.278. The van der Waals surface area contributed by atoms with Crippen LogP contribution in [0.3, 0.4) is 0 Å². The summed E-state index contributed by atoms with van der Waals surface area (Å²) in [6, 6.07) is 0.400. The van der Waals surface area contributed by atoms with Crippen molar-refractivity contribution >= 4 is 10.0 Å². The van der Waals surface area contributed by atoms with Gasteiger partial charge in [0.15, 0.2) is 0 Å². The summed E-state index contributed by atoms with van der Waals surface area (Å²) >= 11 is 0. The zero-order valence-electron chi connectivity index (χ0n) is 9.02. The molecule has 2 N–H and O–H groups in total. The zero-order chi connectivity index (χ0) is 11.2. The normalized spacial score (nSPS) is 12.7. The van der Waals surface area contributed by atoms with Crippen LogP contribution in [0.4, 0.5) is 0 Å². The molecule has 86 valence electrons. The van der Waals surface area contributed by atoms with Gasteiger partial charge in [-0.1, -0.05) is 0 Å². The van der Waals surface area contributed by atoms with Crippen LogP contribution in [0.5, 0.6) is 0 Å². The Bertz CT molecular complexity index is 239. The van der Waals surface area contributed by atoms with Crippen LogP contribution in [-0.2, 0) is 10.0 Å². The van der Waals surface area contributed by atoms with Crippen LogP contribution >= 0.6 is 0 Å². The minimum Gasteiger partial charge on any atom is -0.395 e. The van der Waals surface area contributed by atoms with Gasteiger partial charge in [0.05, 0.1) is 12.4 Å². The molecule has 0 aromatic carbocycles. The molecule has 0 aliphatic carbocycles. The highest BCUT2D eigenvalue weighted by atomic mass is 32.2. The van der Waals surface area contributed by atoms with E-state index in [1.165, 1.54) is 0 Å². The quantitative estimate of drug-likeness (QED) is 0.596. The van der Waals surface area contributed by atoms with Gasteiger partial charge >= 0.3 is 0 Å². The van der Waals surface area contributed by atoms with E-state index in [1.807, 2.05) is 25.8 Å². The number of rotatable bonds is 7. The van der Waals surface area contributed by atoms with Gasteiger partial charge in [0.25, 0.3) is 0 Å². The van der Waals surface area contributed by atoms with E-state index in [2.05, 4.69) is 4.72 Å². The van der Waals surface area contributed by atoms with Crippen molar-refractivity contribution in [3.63, 3.8) is 0 Å². The first-order valence-electron chi connectivity index (χ1n) is 4.67. The fraction of sp³-hybridized carbons (Fsp3) is 1.00. The molecule has 0 heterocycles. The number of likely N-dealkylation sites (N-methyl/N-ethyl adjacent to an activating group) is 1. The molecule has 0 aliphatic rings. The molecule has 0 saturated carbocycles. The Balaban J connectivity index is 3.74. The number of nitrogens with one attached hydrogen (secondary N) is 1. The first-order valence-corrected chi connectivity index (χ1v) is 6.32. The molecule has 0 unspecified atom stereocenters. The molecule has 0 spiro atoms. The summed E-state index contributed by atoms with van der Waals surface area (Å²) in [7, 11) is -1.34. The van der Waals surface area contributed by atoms with E-state index < -0.39 is 10.0 Å². The maximum absolute atomic E-state index is 11.1. The van der Waals surface area contributed by atoms with E-state index in [0.717, 1.165) is 0 Å². The Morgan fingerprint density at radius 2 is 2.00 bits per heavy atom. The van der Waals surface area contributed by atoms with E-state index in [1.54, 1.807) is 0 Å². The summed E-state index contributed by atoms with van der Waals surface area (Å²) < 4.78 is 24.6. The molecule has 0 aromatic heterocycles. The summed E-state index contributed by atoms with van der Waals surface area (Å²) in [5.74, 6) is -0.224. The molecule has 6 heteroatoms. The molecule has 0 aromatic rings. The Morgan fingerprint density at radius 3 is 2.43 bits per heavy atom. The standard InChI is InChI=1S/C8H20N2O3S/c1-8(2)10(3)5-4-9-14(12,13)7-6-11/h8-9,11H,4-7H2,1-3H3. The zero-order valence-corrected chi connectivity index (χ0v) is 9.84. The van der Waals surface area contributed by atoms with Crippen molar-refractivity contribution in [1.82, 2.24) is 9.62 Å². The van der Waals surface area contributed by atoms with Crippen LogP contribution < -0.4 is 4.72 Å².